The maximum Gasteiger partial charge on any atom is 0.398 e. The lowest BCUT2D eigenvalue weighted by atomic mass is 10.2. The average Bonchev–Trinajstić information content (AvgIpc) is 2.64. The molecule has 1 aromatic heterocycles. The van der Waals surface area contributed by atoms with E-state index in [1.807, 2.05) is 0 Å². The zero-order chi connectivity index (χ0) is 16.7. The molecule has 22 heavy (non-hydrogen) atoms. The van der Waals surface area contributed by atoms with Crippen LogP contribution in [0.2, 0.25) is 0 Å². The molecule has 120 valence electrons. The van der Waals surface area contributed by atoms with Crippen LogP contribution in [0.15, 0.2) is 21.8 Å². The number of halogens is 4. The Morgan fingerprint density at radius 2 is 1.91 bits per heavy atom. The van der Waals surface area contributed by atoms with Crippen LogP contribution in [0.3, 0.4) is 0 Å². The van der Waals surface area contributed by atoms with E-state index in [1.54, 1.807) is 6.92 Å². The first-order valence-corrected chi connectivity index (χ1v) is 7.21. The Kier molecular flexibility index (Phi) is 4.37. The highest BCUT2D eigenvalue weighted by Gasteiger charge is 2.28. The number of benzene rings is 1. The molecule has 0 aliphatic carbocycles. The van der Waals surface area contributed by atoms with Gasteiger partial charge < -0.3 is 0 Å². The lowest BCUT2D eigenvalue weighted by Gasteiger charge is -2.11. The fourth-order valence-electron chi connectivity index (χ4n) is 1.81. The zero-order valence-corrected chi connectivity index (χ0v) is 12.8. The van der Waals surface area contributed by atoms with Gasteiger partial charge in [-0.05, 0) is 31.5 Å². The highest BCUT2D eigenvalue weighted by atomic mass is 32.2. The summed E-state index contributed by atoms with van der Waals surface area (Å²) in [7, 11) is 1.48. The van der Waals surface area contributed by atoms with E-state index in [-0.39, 0.29) is 10.6 Å². The third-order valence-electron chi connectivity index (χ3n) is 3.06. The Morgan fingerprint density at radius 1 is 1.27 bits per heavy atom. The first kappa shape index (κ1) is 16.6. The van der Waals surface area contributed by atoms with Crippen molar-refractivity contribution in [1.82, 2.24) is 14.3 Å². The van der Waals surface area contributed by atoms with Crippen molar-refractivity contribution < 1.29 is 17.6 Å². The third-order valence-corrected chi connectivity index (χ3v) is 4.28. The van der Waals surface area contributed by atoms with Gasteiger partial charge in [-0.1, -0.05) is 0 Å². The molecule has 0 spiro atoms. The quantitative estimate of drug-likeness (QED) is 0.639. The molecule has 0 saturated heterocycles. The Labute approximate surface area is 127 Å². The molecule has 0 radical (unpaired) electrons. The van der Waals surface area contributed by atoms with E-state index in [2.05, 4.69) is 5.10 Å². The number of aryl methyl sites for hydroxylation is 2. The first-order chi connectivity index (χ1) is 10.1. The van der Waals surface area contributed by atoms with Gasteiger partial charge in [0.1, 0.15) is 17.3 Å². The normalized spacial score (nSPS) is 12.0. The van der Waals surface area contributed by atoms with Gasteiger partial charge >= 0.3 is 11.9 Å². The predicted molar refractivity (Wildman–Crippen MR) is 75.0 cm³/mol. The Hall–Kier alpha value is -1.77. The molecular weight excluding hydrogens is 322 g/mol. The molecule has 0 unspecified atom stereocenters. The van der Waals surface area contributed by atoms with Crippen LogP contribution in [-0.2, 0) is 7.05 Å². The van der Waals surface area contributed by atoms with Gasteiger partial charge in [-0.15, -0.1) is 11.8 Å². The van der Waals surface area contributed by atoms with Crippen LogP contribution in [0.1, 0.15) is 11.4 Å². The van der Waals surface area contributed by atoms with Crippen molar-refractivity contribution in [2.24, 2.45) is 7.05 Å². The molecule has 1 aromatic carbocycles. The van der Waals surface area contributed by atoms with E-state index in [9.17, 15) is 22.4 Å². The largest absolute Gasteiger partial charge is 0.398 e. The van der Waals surface area contributed by atoms with Gasteiger partial charge in [0, 0.05) is 11.9 Å². The number of hydrogen-bond acceptors (Lipinski definition) is 3. The monoisotopic (exact) mass is 335 g/mol. The van der Waals surface area contributed by atoms with E-state index >= 15 is 0 Å². The van der Waals surface area contributed by atoms with Gasteiger partial charge in [0.15, 0.2) is 0 Å². The maximum absolute atomic E-state index is 14.1. The first-order valence-electron chi connectivity index (χ1n) is 6.23. The van der Waals surface area contributed by atoms with Crippen LogP contribution in [-0.4, -0.2) is 26.3 Å². The molecule has 0 aliphatic rings. The molecule has 9 heteroatoms. The molecule has 0 amide bonds. The molecular formula is C13H13F4N3OS. The number of aromatic nitrogens is 3. The van der Waals surface area contributed by atoms with E-state index in [0.29, 0.717) is 23.1 Å². The van der Waals surface area contributed by atoms with Gasteiger partial charge in [-0.3, -0.25) is 4.57 Å². The van der Waals surface area contributed by atoms with Crippen molar-refractivity contribution in [3.63, 3.8) is 0 Å². The molecule has 2 rings (SSSR count). The van der Waals surface area contributed by atoms with Crippen molar-refractivity contribution in [3.8, 4) is 5.69 Å². The highest BCUT2D eigenvalue weighted by Crippen LogP contribution is 2.31. The summed E-state index contributed by atoms with van der Waals surface area (Å²) in [4.78, 5) is 12.2. The summed E-state index contributed by atoms with van der Waals surface area (Å²) in [6, 6.07) is 2.32. The predicted octanol–water partition coefficient (Wildman–Crippen LogP) is 2.98. The van der Waals surface area contributed by atoms with Gasteiger partial charge in [0.2, 0.25) is 0 Å². The standard InChI is InChI=1S/C13H13F4N3OS/c1-7-4-9(14)10(5-11(7)22-6-13(15,16)17)20-12(21)19(3)8(2)18-20/h4-5H,6H2,1-3H3. The molecule has 0 aliphatic heterocycles. The van der Waals surface area contributed by atoms with Crippen LogP contribution in [0.4, 0.5) is 17.6 Å². The summed E-state index contributed by atoms with van der Waals surface area (Å²) < 4.78 is 53.1. The number of alkyl halides is 3. The fourth-order valence-corrected chi connectivity index (χ4v) is 2.61. The number of thioether (sulfide) groups is 1. The Balaban J connectivity index is 2.48. The smallest absolute Gasteiger partial charge is 0.282 e. The number of hydrogen-bond donors (Lipinski definition) is 0. The zero-order valence-electron chi connectivity index (χ0n) is 12.0. The number of rotatable bonds is 3. The highest BCUT2D eigenvalue weighted by molar-refractivity contribution is 7.99. The van der Waals surface area contributed by atoms with Crippen LogP contribution in [0.25, 0.3) is 5.69 Å². The molecule has 1 heterocycles. The molecule has 0 fully saturated rings. The van der Waals surface area contributed by atoms with Crippen molar-refractivity contribution >= 4 is 11.8 Å². The van der Waals surface area contributed by atoms with Crippen molar-refractivity contribution in [3.05, 3.63) is 39.8 Å². The Bertz CT molecular complexity index is 764. The summed E-state index contributed by atoms with van der Waals surface area (Å²) in [5.41, 5.74) is -0.354. The third kappa shape index (κ3) is 3.34. The SMILES string of the molecule is Cc1cc(F)c(-n2nc(C)n(C)c2=O)cc1SCC(F)(F)F. The second-order valence-electron chi connectivity index (χ2n) is 4.77. The summed E-state index contributed by atoms with van der Waals surface area (Å²) >= 11 is 0.547. The lowest BCUT2D eigenvalue weighted by Crippen LogP contribution is -2.22. The molecule has 0 saturated carbocycles. The molecule has 0 N–H and O–H groups in total. The van der Waals surface area contributed by atoms with Crippen molar-refractivity contribution in [1.29, 1.82) is 0 Å². The lowest BCUT2D eigenvalue weighted by molar-refractivity contribution is -0.105. The molecule has 0 bridgehead atoms. The molecule has 0 atom stereocenters. The van der Waals surface area contributed by atoms with Crippen molar-refractivity contribution in [2.45, 2.75) is 24.9 Å². The summed E-state index contributed by atoms with van der Waals surface area (Å²) in [6.07, 6.45) is -4.33. The van der Waals surface area contributed by atoms with E-state index in [4.69, 9.17) is 0 Å². The minimum absolute atomic E-state index is 0.163. The van der Waals surface area contributed by atoms with E-state index in [0.717, 1.165) is 10.7 Å². The van der Waals surface area contributed by atoms with Crippen LogP contribution >= 0.6 is 11.8 Å². The Morgan fingerprint density at radius 3 is 2.41 bits per heavy atom. The second kappa shape index (κ2) is 5.79. The van der Waals surface area contributed by atoms with E-state index < -0.39 is 23.4 Å². The number of nitrogens with zero attached hydrogens (tertiary/aromatic N) is 3. The van der Waals surface area contributed by atoms with Crippen LogP contribution < -0.4 is 5.69 Å². The van der Waals surface area contributed by atoms with Gasteiger partial charge in [-0.2, -0.15) is 23.0 Å². The summed E-state index contributed by atoms with van der Waals surface area (Å²) in [5.74, 6) is -1.43. The van der Waals surface area contributed by atoms with E-state index in [1.165, 1.54) is 24.6 Å². The van der Waals surface area contributed by atoms with Gasteiger partial charge in [0.05, 0.1) is 5.75 Å². The minimum atomic E-state index is -4.33. The second-order valence-corrected chi connectivity index (χ2v) is 5.79. The summed E-state index contributed by atoms with van der Waals surface area (Å²) in [5, 5.41) is 3.92. The topological polar surface area (TPSA) is 39.8 Å². The minimum Gasteiger partial charge on any atom is -0.282 e. The molecule has 4 nitrogen and oxygen atoms in total. The average molecular weight is 335 g/mol. The van der Waals surface area contributed by atoms with Crippen LogP contribution in [0.5, 0.6) is 0 Å². The molecule has 2 aromatic rings. The van der Waals surface area contributed by atoms with Gasteiger partial charge in [0.25, 0.3) is 0 Å². The van der Waals surface area contributed by atoms with Gasteiger partial charge in [-0.25, -0.2) is 9.18 Å². The van der Waals surface area contributed by atoms with Crippen LogP contribution in [0, 0.1) is 19.7 Å². The summed E-state index contributed by atoms with van der Waals surface area (Å²) in [6.45, 7) is 3.08. The maximum atomic E-state index is 14.1. The fraction of sp³-hybridized carbons (Fsp3) is 0.385. The van der Waals surface area contributed by atoms with Crippen molar-refractivity contribution in [2.75, 3.05) is 5.75 Å².